The van der Waals surface area contributed by atoms with Crippen molar-refractivity contribution in [1.29, 1.82) is 10.5 Å². The number of nitriles is 2. The highest BCUT2D eigenvalue weighted by Crippen LogP contribution is 2.48. The van der Waals surface area contributed by atoms with Crippen molar-refractivity contribution in [2.45, 2.75) is 119 Å². The largest absolute Gasteiger partial charge is 0.470 e. The van der Waals surface area contributed by atoms with Crippen LogP contribution in [0.1, 0.15) is 119 Å². The van der Waals surface area contributed by atoms with E-state index in [1.54, 1.807) is 0 Å². The van der Waals surface area contributed by atoms with Crippen LogP contribution in [0.5, 0.6) is 0 Å². The van der Waals surface area contributed by atoms with Crippen molar-refractivity contribution in [3.63, 3.8) is 0 Å². The van der Waals surface area contributed by atoms with Crippen LogP contribution >= 0.6 is 0 Å². The first-order valence-electron chi connectivity index (χ1n) is 25.2. The number of likely N-dealkylation sites (tertiary alicyclic amines) is 3. The lowest BCUT2D eigenvalue weighted by atomic mass is 9.72. The summed E-state index contributed by atoms with van der Waals surface area (Å²) in [5, 5.41) is 21.2. The summed E-state index contributed by atoms with van der Waals surface area (Å²) in [7, 11) is 3.70. The molecule has 6 aliphatic rings. The molecular weight excluding hydrogens is 937 g/mol. The Morgan fingerprint density at radius 1 is 0.507 bits per heavy atom. The third-order valence-corrected chi connectivity index (χ3v) is 14.5. The van der Waals surface area contributed by atoms with Gasteiger partial charge in [-0.1, -0.05) is 41.5 Å². The first-order chi connectivity index (χ1) is 34.6. The van der Waals surface area contributed by atoms with E-state index in [0.29, 0.717) is 75.6 Å². The SMILES string of the molecule is [C-]#[N+]/C(C(=O)OCC(COC(=O)/C(C#N)=C1\CC(C)(C)CC(N2CCCC2)=C1C(=O)OC)COC(=O)/C(C#N)=C1\CC(C)(C)CC(N2CCCC2)=C1C(=O)OC)=C1/CC(C)(C)CC(N2CCCC2)=C1C(=O)OC. The number of nitrogens with zero attached hydrogens (tertiary/aromatic N) is 6. The second-order valence-electron chi connectivity index (χ2n) is 22.1. The van der Waals surface area contributed by atoms with E-state index in [4.69, 9.17) is 35.0 Å². The fourth-order valence-corrected chi connectivity index (χ4v) is 11.1. The zero-order chi connectivity index (χ0) is 53.4. The summed E-state index contributed by atoms with van der Waals surface area (Å²) in [6.45, 7) is 22.4. The van der Waals surface area contributed by atoms with Gasteiger partial charge >= 0.3 is 35.8 Å². The third kappa shape index (κ3) is 12.7. The molecule has 0 saturated carbocycles. The quantitative estimate of drug-likeness (QED) is 0.0526. The normalized spacial score (nSPS) is 22.5. The van der Waals surface area contributed by atoms with Gasteiger partial charge in [0.1, 0.15) is 36.5 Å². The average molecular weight is 1010 g/mol. The summed E-state index contributed by atoms with van der Waals surface area (Å²) < 4.78 is 33.1. The number of hydrogen-bond acceptors (Lipinski definition) is 17. The van der Waals surface area contributed by atoms with Gasteiger partial charge in [-0.3, -0.25) is 4.79 Å². The molecule has 3 fully saturated rings. The van der Waals surface area contributed by atoms with Crippen LogP contribution < -0.4 is 0 Å². The Kier molecular flexibility index (Phi) is 17.7. The van der Waals surface area contributed by atoms with E-state index in [0.717, 1.165) is 38.5 Å². The topological polar surface area (TPSA) is 219 Å². The molecule has 0 radical (unpaired) electrons. The van der Waals surface area contributed by atoms with E-state index >= 15 is 0 Å². The van der Waals surface area contributed by atoms with Crippen LogP contribution in [-0.2, 0) is 57.2 Å². The second-order valence-corrected chi connectivity index (χ2v) is 22.1. The zero-order valence-corrected chi connectivity index (χ0v) is 44.0. The number of carbonyl (C=O) groups excluding carboxylic acids is 6. The lowest BCUT2D eigenvalue weighted by Gasteiger charge is -2.38. The number of hydrogen-bond donors (Lipinski definition) is 0. The van der Waals surface area contributed by atoms with E-state index in [-0.39, 0.29) is 52.7 Å². The van der Waals surface area contributed by atoms with E-state index in [9.17, 15) is 39.3 Å². The van der Waals surface area contributed by atoms with Crippen molar-refractivity contribution in [2.24, 2.45) is 22.2 Å². The molecule has 0 aromatic heterocycles. The molecule has 0 bridgehead atoms. The maximum absolute atomic E-state index is 14.2. The smallest absolute Gasteiger partial charge is 0.349 e. The Labute approximate surface area is 429 Å². The molecule has 0 spiro atoms. The predicted molar refractivity (Wildman–Crippen MR) is 264 cm³/mol. The number of rotatable bonds is 15. The van der Waals surface area contributed by atoms with Crippen LogP contribution in [0.4, 0.5) is 0 Å². The van der Waals surface area contributed by atoms with E-state index in [2.05, 4.69) is 19.5 Å². The van der Waals surface area contributed by atoms with Gasteiger partial charge in [0.25, 0.3) is 5.70 Å². The van der Waals surface area contributed by atoms with Crippen molar-refractivity contribution >= 4 is 35.8 Å². The monoisotopic (exact) mass is 1010 g/mol. The first-order valence-corrected chi connectivity index (χ1v) is 25.2. The maximum Gasteiger partial charge on any atom is 0.349 e. The van der Waals surface area contributed by atoms with Crippen LogP contribution in [0.3, 0.4) is 0 Å². The van der Waals surface area contributed by atoms with Crippen LogP contribution in [0.15, 0.2) is 67.4 Å². The van der Waals surface area contributed by atoms with Crippen molar-refractivity contribution in [2.75, 3.05) is 80.4 Å². The lowest BCUT2D eigenvalue weighted by molar-refractivity contribution is -0.148. The van der Waals surface area contributed by atoms with Gasteiger partial charge < -0.3 is 43.1 Å². The van der Waals surface area contributed by atoms with Crippen molar-refractivity contribution in [3.05, 3.63) is 78.8 Å². The van der Waals surface area contributed by atoms with Crippen LogP contribution in [-0.4, -0.2) is 131 Å². The number of allylic oxidation sites excluding steroid dienone is 3. The summed E-state index contributed by atoms with van der Waals surface area (Å²) in [6, 6.07) is 3.94. The summed E-state index contributed by atoms with van der Waals surface area (Å²) >= 11 is 0. The molecule has 6 rings (SSSR count). The summed E-state index contributed by atoms with van der Waals surface area (Å²) in [6.07, 6.45) is 7.46. The van der Waals surface area contributed by atoms with Gasteiger partial charge in [0.05, 0.1) is 57.1 Å². The Bertz CT molecular complexity index is 2310. The van der Waals surface area contributed by atoms with Crippen molar-refractivity contribution < 1.29 is 57.2 Å². The van der Waals surface area contributed by atoms with E-state index < -0.39 is 94.6 Å². The minimum Gasteiger partial charge on any atom is -0.470 e. The van der Waals surface area contributed by atoms with E-state index in [1.807, 2.05) is 53.7 Å². The summed E-state index contributed by atoms with van der Waals surface area (Å²) in [5.74, 6) is -6.54. The Morgan fingerprint density at radius 2 is 0.795 bits per heavy atom. The molecule has 0 N–H and O–H groups in total. The molecule has 3 saturated heterocycles. The van der Waals surface area contributed by atoms with Crippen LogP contribution in [0.2, 0.25) is 0 Å². The molecule has 0 aromatic carbocycles. The molecule has 3 aliphatic heterocycles. The van der Waals surface area contributed by atoms with Gasteiger partial charge in [0, 0.05) is 56.4 Å². The average Bonchev–Trinajstić information content (AvgIpc) is 4.19. The molecule has 18 heteroatoms. The maximum atomic E-state index is 14.2. The minimum atomic E-state index is -1.17. The van der Waals surface area contributed by atoms with Gasteiger partial charge in [-0.15, -0.1) is 0 Å². The van der Waals surface area contributed by atoms with Crippen molar-refractivity contribution in [1.82, 2.24) is 14.7 Å². The Hall–Kier alpha value is -6.87. The fourth-order valence-electron chi connectivity index (χ4n) is 11.1. The van der Waals surface area contributed by atoms with Gasteiger partial charge in [-0.25, -0.2) is 28.8 Å². The number of methoxy groups -OCH3 is 3. The number of ether oxygens (including phenoxy) is 6. The molecule has 73 heavy (non-hydrogen) atoms. The molecule has 0 unspecified atom stereocenters. The highest BCUT2D eigenvalue weighted by atomic mass is 16.6. The van der Waals surface area contributed by atoms with Crippen molar-refractivity contribution in [3.8, 4) is 12.1 Å². The molecule has 3 heterocycles. The highest BCUT2D eigenvalue weighted by molar-refractivity contribution is 6.03. The highest BCUT2D eigenvalue weighted by Gasteiger charge is 2.43. The molecule has 18 nitrogen and oxygen atoms in total. The van der Waals surface area contributed by atoms with Gasteiger partial charge in [0.15, 0.2) is 0 Å². The third-order valence-electron chi connectivity index (χ3n) is 14.5. The summed E-state index contributed by atoms with van der Waals surface area (Å²) in [5.41, 5.74) is 0.227. The number of carbonyl (C=O) groups is 6. The second kappa shape index (κ2) is 23.3. The fraction of sp³-hybridized carbons (Fsp3) is 0.618. The van der Waals surface area contributed by atoms with Gasteiger partial charge in [-0.2, -0.15) is 10.5 Å². The molecular formula is C55H70N6O12. The predicted octanol–water partition coefficient (Wildman–Crippen LogP) is 7.07. The standard InChI is InChI=1S/C55H70N6O12/c1-53(2)23-35(43(49(64)68-8)40(26-53)59-17-11-12-18-59)38(29-56)47(62)71-31-34(32-72-48(63)39(30-57)36-24-54(3,4)27-41(44(36)50(65)69-9)60-19-13-14-20-60)33-73-52(67)46(58-7)37-25-55(5,6)28-42(45(37)51(66)70-10)61-21-15-16-22-61/h34H,11-28,31-33H2,1-6,8-10H3/b38-35+,39-36+,46-37-. The molecule has 0 amide bonds. The molecule has 0 aromatic rings. The van der Waals surface area contributed by atoms with E-state index in [1.165, 1.54) is 21.3 Å². The minimum absolute atomic E-state index is 0.131. The van der Waals surface area contributed by atoms with Crippen LogP contribution in [0.25, 0.3) is 4.85 Å². The molecule has 3 aliphatic carbocycles. The van der Waals surface area contributed by atoms with Gasteiger partial charge in [-0.05, 0) is 110 Å². The first kappa shape index (κ1) is 55.4. The Balaban J connectivity index is 1.37. The zero-order valence-electron chi connectivity index (χ0n) is 44.0. The number of esters is 6. The lowest BCUT2D eigenvalue weighted by Crippen LogP contribution is -2.34. The Morgan fingerprint density at radius 3 is 1.08 bits per heavy atom. The molecule has 392 valence electrons. The van der Waals surface area contributed by atoms with Crippen LogP contribution in [0, 0.1) is 51.4 Å². The molecule has 0 atom stereocenters. The van der Waals surface area contributed by atoms with Gasteiger partial charge in [0.2, 0.25) is 0 Å². The summed E-state index contributed by atoms with van der Waals surface area (Å²) in [4.78, 5) is 93.1.